The number of rotatable bonds is 4. The number of aliphatic hydroxyl groups is 1. The standard InChI is InChI=1S/C14H16BrFN2O/c1-3-13-10(8-18(2)17-13)14(19)7-9-4-5-12(16)11(15)6-9/h4-6,8,14,19H,3,7H2,1-2H3. The van der Waals surface area contributed by atoms with E-state index in [0.717, 1.165) is 23.2 Å². The van der Waals surface area contributed by atoms with Gasteiger partial charge in [0.1, 0.15) is 5.82 Å². The molecule has 1 atom stereocenters. The monoisotopic (exact) mass is 326 g/mol. The van der Waals surface area contributed by atoms with Crippen molar-refractivity contribution in [1.29, 1.82) is 0 Å². The van der Waals surface area contributed by atoms with E-state index in [1.54, 1.807) is 16.8 Å². The van der Waals surface area contributed by atoms with E-state index in [4.69, 9.17) is 0 Å². The third-order valence-corrected chi connectivity index (χ3v) is 3.65. The minimum atomic E-state index is -0.624. The highest BCUT2D eigenvalue weighted by atomic mass is 79.9. The molecule has 0 aliphatic heterocycles. The molecular weight excluding hydrogens is 311 g/mol. The Labute approximate surface area is 120 Å². The summed E-state index contributed by atoms with van der Waals surface area (Å²) in [5.41, 5.74) is 2.62. The van der Waals surface area contributed by atoms with Crippen LogP contribution in [0.25, 0.3) is 0 Å². The van der Waals surface area contributed by atoms with Gasteiger partial charge in [-0.15, -0.1) is 0 Å². The van der Waals surface area contributed by atoms with E-state index in [1.165, 1.54) is 6.07 Å². The smallest absolute Gasteiger partial charge is 0.137 e. The largest absolute Gasteiger partial charge is 0.388 e. The first-order valence-corrected chi connectivity index (χ1v) is 6.95. The van der Waals surface area contributed by atoms with E-state index in [0.29, 0.717) is 10.9 Å². The van der Waals surface area contributed by atoms with Crippen molar-refractivity contribution in [3.05, 3.63) is 51.5 Å². The Balaban J connectivity index is 2.20. The van der Waals surface area contributed by atoms with Crippen LogP contribution in [0.5, 0.6) is 0 Å². The molecule has 3 nitrogen and oxygen atoms in total. The Bertz CT molecular complexity index is 583. The van der Waals surface area contributed by atoms with Crippen LogP contribution in [0.4, 0.5) is 4.39 Å². The average molecular weight is 327 g/mol. The maximum atomic E-state index is 13.2. The summed E-state index contributed by atoms with van der Waals surface area (Å²) in [7, 11) is 1.84. The molecule has 0 aliphatic rings. The van der Waals surface area contributed by atoms with Crippen molar-refractivity contribution in [2.45, 2.75) is 25.9 Å². The van der Waals surface area contributed by atoms with Gasteiger partial charge in [0.15, 0.2) is 0 Å². The van der Waals surface area contributed by atoms with Gasteiger partial charge in [-0.05, 0) is 40.0 Å². The quantitative estimate of drug-likeness (QED) is 0.937. The molecule has 0 amide bonds. The Morgan fingerprint density at radius 3 is 2.84 bits per heavy atom. The predicted molar refractivity (Wildman–Crippen MR) is 75.3 cm³/mol. The molecule has 102 valence electrons. The highest BCUT2D eigenvalue weighted by Crippen LogP contribution is 2.24. The summed E-state index contributed by atoms with van der Waals surface area (Å²) < 4.78 is 15.3. The van der Waals surface area contributed by atoms with E-state index < -0.39 is 6.10 Å². The highest BCUT2D eigenvalue weighted by molar-refractivity contribution is 9.10. The zero-order valence-corrected chi connectivity index (χ0v) is 12.5. The summed E-state index contributed by atoms with van der Waals surface area (Å²) in [6, 6.07) is 4.78. The van der Waals surface area contributed by atoms with Crippen molar-refractivity contribution >= 4 is 15.9 Å². The lowest BCUT2D eigenvalue weighted by atomic mass is 10.0. The highest BCUT2D eigenvalue weighted by Gasteiger charge is 2.16. The van der Waals surface area contributed by atoms with Gasteiger partial charge in [0.2, 0.25) is 0 Å². The number of nitrogens with zero attached hydrogens (tertiary/aromatic N) is 2. The number of benzene rings is 1. The Hall–Kier alpha value is -1.20. The molecule has 2 aromatic rings. The lowest BCUT2D eigenvalue weighted by molar-refractivity contribution is 0.177. The number of aryl methyl sites for hydroxylation is 2. The summed E-state index contributed by atoms with van der Waals surface area (Å²) in [6.07, 6.45) is 2.43. The third kappa shape index (κ3) is 3.22. The molecular formula is C14H16BrFN2O. The Morgan fingerprint density at radius 2 is 2.21 bits per heavy atom. The van der Waals surface area contributed by atoms with Gasteiger partial charge in [0.25, 0.3) is 0 Å². The first-order chi connectivity index (χ1) is 9.01. The minimum Gasteiger partial charge on any atom is -0.388 e. The molecule has 0 spiro atoms. The number of hydrogen-bond acceptors (Lipinski definition) is 2. The fourth-order valence-electron chi connectivity index (χ4n) is 2.11. The molecule has 0 bridgehead atoms. The van der Waals surface area contributed by atoms with Crippen molar-refractivity contribution in [2.75, 3.05) is 0 Å². The number of aliphatic hydroxyl groups excluding tert-OH is 1. The molecule has 0 saturated carbocycles. The van der Waals surface area contributed by atoms with Crippen molar-refractivity contribution in [3.8, 4) is 0 Å². The number of aromatic nitrogens is 2. The van der Waals surface area contributed by atoms with Gasteiger partial charge < -0.3 is 5.11 Å². The molecule has 1 heterocycles. The van der Waals surface area contributed by atoms with E-state index in [9.17, 15) is 9.50 Å². The van der Waals surface area contributed by atoms with Crippen LogP contribution in [0, 0.1) is 5.82 Å². The summed E-state index contributed by atoms with van der Waals surface area (Å²) in [4.78, 5) is 0. The fraction of sp³-hybridized carbons (Fsp3) is 0.357. The topological polar surface area (TPSA) is 38.0 Å². The zero-order chi connectivity index (χ0) is 14.0. The molecule has 19 heavy (non-hydrogen) atoms. The second-order valence-corrected chi connectivity index (χ2v) is 5.38. The second kappa shape index (κ2) is 5.84. The van der Waals surface area contributed by atoms with E-state index in [2.05, 4.69) is 21.0 Å². The molecule has 2 rings (SSSR count). The van der Waals surface area contributed by atoms with Crippen molar-refractivity contribution in [3.63, 3.8) is 0 Å². The fourth-order valence-corrected chi connectivity index (χ4v) is 2.53. The molecule has 1 unspecified atom stereocenters. The molecule has 0 saturated heterocycles. The Morgan fingerprint density at radius 1 is 1.47 bits per heavy atom. The van der Waals surface area contributed by atoms with Gasteiger partial charge >= 0.3 is 0 Å². The minimum absolute atomic E-state index is 0.297. The lowest BCUT2D eigenvalue weighted by Gasteiger charge is -2.11. The van der Waals surface area contributed by atoms with Crippen LogP contribution in [0.2, 0.25) is 0 Å². The van der Waals surface area contributed by atoms with Crippen LogP contribution in [0.3, 0.4) is 0 Å². The van der Waals surface area contributed by atoms with E-state index >= 15 is 0 Å². The second-order valence-electron chi connectivity index (χ2n) is 4.53. The summed E-state index contributed by atoms with van der Waals surface area (Å²) >= 11 is 3.15. The van der Waals surface area contributed by atoms with Crippen molar-refractivity contribution < 1.29 is 9.50 Å². The van der Waals surface area contributed by atoms with Crippen LogP contribution in [0.1, 0.15) is 29.8 Å². The molecule has 0 fully saturated rings. The third-order valence-electron chi connectivity index (χ3n) is 3.04. The van der Waals surface area contributed by atoms with Gasteiger partial charge in [-0.3, -0.25) is 4.68 Å². The first-order valence-electron chi connectivity index (χ1n) is 6.15. The van der Waals surface area contributed by atoms with Crippen LogP contribution in [-0.2, 0) is 19.9 Å². The molecule has 1 aromatic heterocycles. The van der Waals surface area contributed by atoms with Crippen LogP contribution in [0.15, 0.2) is 28.9 Å². The van der Waals surface area contributed by atoms with Crippen LogP contribution >= 0.6 is 15.9 Å². The summed E-state index contributed by atoms with van der Waals surface area (Å²) in [5.74, 6) is -0.297. The maximum Gasteiger partial charge on any atom is 0.137 e. The normalized spacial score (nSPS) is 12.7. The van der Waals surface area contributed by atoms with Gasteiger partial charge in [0, 0.05) is 25.2 Å². The maximum absolute atomic E-state index is 13.2. The van der Waals surface area contributed by atoms with Gasteiger partial charge in [-0.25, -0.2) is 4.39 Å². The first kappa shape index (κ1) is 14.2. The SMILES string of the molecule is CCc1nn(C)cc1C(O)Cc1ccc(F)c(Br)c1. The molecule has 1 N–H and O–H groups in total. The van der Waals surface area contributed by atoms with Gasteiger partial charge in [0.05, 0.1) is 16.3 Å². The summed E-state index contributed by atoms with van der Waals surface area (Å²) in [5, 5.41) is 14.6. The van der Waals surface area contributed by atoms with Gasteiger partial charge in [-0.1, -0.05) is 13.0 Å². The molecule has 0 radical (unpaired) electrons. The Kier molecular flexibility index (Phi) is 4.37. The van der Waals surface area contributed by atoms with Crippen molar-refractivity contribution in [1.82, 2.24) is 9.78 Å². The molecule has 5 heteroatoms. The molecule has 0 aliphatic carbocycles. The number of halogens is 2. The average Bonchev–Trinajstić information content (AvgIpc) is 2.75. The predicted octanol–water partition coefficient (Wildman–Crippen LogP) is 3.16. The van der Waals surface area contributed by atoms with E-state index in [1.807, 2.05) is 20.2 Å². The van der Waals surface area contributed by atoms with Crippen LogP contribution < -0.4 is 0 Å². The summed E-state index contributed by atoms with van der Waals surface area (Å²) in [6.45, 7) is 2.01. The van der Waals surface area contributed by atoms with Crippen LogP contribution in [-0.4, -0.2) is 14.9 Å². The molecule has 1 aromatic carbocycles. The van der Waals surface area contributed by atoms with Crippen molar-refractivity contribution in [2.24, 2.45) is 7.05 Å². The zero-order valence-electron chi connectivity index (χ0n) is 10.9. The van der Waals surface area contributed by atoms with Gasteiger partial charge in [-0.2, -0.15) is 5.10 Å². The lowest BCUT2D eigenvalue weighted by Crippen LogP contribution is -2.04. The number of hydrogen-bond donors (Lipinski definition) is 1. The van der Waals surface area contributed by atoms with E-state index in [-0.39, 0.29) is 5.82 Å².